The number of carbonyl (C=O) groups excluding carboxylic acids is 2. The second kappa shape index (κ2) is 10.5. The van der Waals surface area contributed by atoms with Crippen LogP contribution in [0.1, 0.15) is 29.8 Å². The first kappa shape index (κ1) is 25.6. The number of aromatic nitrogens is 4. The number of esters is 1. The first-order chi connectivity index (χ1) is 19.4. The average molecular weight is 542 g/mol. The van der Waals surface area contributed by atoms with E-state index in [1.807, 2.05) is 50.2 Å². The van der Waals surface area contributed by atoms with Gasteiger partial charge in [-0.05, 0) is 41.8 Å². The van der Waals surface area contributed by atoms with Crippen LogP contribution < -0.4 is 14.7 Å². The number of fused-ring (bicyclic) bond motifs is 2. The highest BCUT2D eigenvalue weighted by Gasteiger charge is 2.33. The van der Waals surface area contributed by atoms with Crippen molar-refractivity contribution in [3.05, 3.63) is 66.0 Å². The zero-order valence-electron chi connectivity index (χ0n) is 22.5. The molecule has 0 radical (unpaired) electrons. The van der Waals surface area contributed by atoms with E-state index in [0.29, 0.717) is 54.7 Å². The van der Waals surface area contributed by atoms with Crippen molar-refractivity contribution < 1.29 is 19.4 Å². The lowest BCUT2D eigenvalue weighted by atomic mass is 10.1. The fourth-order valence-corrected chi connectivity index (χ4v) is 5.06. The maximum atomic E-state index is 13.4. The topological polar surface area (TPSA) is 117 Å². The molecule has 0 spiro atoms. The summed E-state index contributed by atoms with van der Waals surface area (Å²) in [7, 11) is 0. The summed E-state index contributed by atoms with van der Waals surface area (Å²) in [4.78, 5) is 46.2. The summed E-state index contributed by atoms with van der Waals surface area (Å²) in [5, 5.41) is 9.63. The molecule has 40 heavy (non-hydrogen) atoms. The molecule has 0 atom stereocenters. The van der Waals surface area contributed by atoms with E-state index in [2.05, 4.69) is 14.8 Å². The Morgan fingerprint density at radius 2 is 1.73 bits per heavy atom. The lowest BCUT2D eigenvalue weighted by molar-refractivity contribution is -0.145. The number of anilines is 3. The molecule has 2 aliphatic heterocycles. The highest BCUT2D eigenvalue weighted by atomic mass is 16.5. The van der Waals surface area contributed by atoms with E-state index in [-0.39, 0.29) is 30.1 Å². The zero-order valence-corrected chi connectivity index (χ0v) is 22.5. The number of carbonyl (C=O) groups is 2. The number of nitrogens with zero attached hydrogens (tertiary/aromatic N) is 7. The Morgan fingerprint density at radius 1 is 1.00 bits per heavy atom. The standard InChI is InChI=1S/C29H31N7O4/c1-19(2)17-40-24(38)16-35-18-30-25-26(35)31-29(32-27(25)36-15-20-5-3-4-6-23(20)28(36)39)34-13-11-33(12-14-34)21-7-9-22(37)10-8-21/h3-10,18-19,37H,11-17H2,1-2H3. The Bertz CT molecular complexity index is 1560. The Labute approximate surface area is 231 Å². The summed E-state index contributed by atoms with van der Waals surface area (Å²) in [6, 6.07) is 14.7. The highest BCUT2D eigenvalue weighted by molar-refractivity contribution is 6.12. The predicted molar refractivity (Wildman–Crippen MR) is 151 cm³/mol. The van der Waals surface area contributed by atoms with Gasteiger partial charge < -0.3 is 24.2 Å². The molecular formula is C29H31N7O4. The van der Waals surface area contributed by atoms with Crippen LogP contribution in [-0.2, 0) is 22.6 Å². The number of imidazole rings is 1. The molecule has 4 heterocycles. The maximum Gasteiger partial charge on any atom is 0.326 e. The van der Waals surface area contributed by atoms with Crippen molar-refractivity contribution >= 4 is 40.5 Å². The molecule has 0 aliphatic carbocycles. The Kier molecular flexibility index (Phi) is 6.71. The predicted octanol–water partition coefficient (Wildman–Crippen LogP) is 3.22. The minimum atomic E-state index is -0.373. The van der Waals surface area contributed by atoms with E-state index < -0.39 is 0 Å². The van der Waals surface area contributed by atoms with Gasteiger partial charge in [0.05, 0.1) is 19.5 Å². The van der Waals surface area contributed by atoms with Crippen LogP contribution in [-0.4, -0.2) is 69.3 Å². The number of hydrogen-bond acceptors (Lipinski definition) is 9. The second-order valence-electron chi connectivity index (χ2n) is 10.5. The quantitative estimate of drug-likeness (QED) is 0.352. The summed E-state index contributed by atoms with van der Waals surface area (Å²) in [6.45, 7) is 7.43. The molecule has 1 saturated heterocycles. The van der Waals surface area contributed by atoms with Gasteiger partial charge in [0.2, 0.25) is 5.95 Å². The summed E-state index contributed by atoms with van der Waals surface area (Å²) in [5.41, 5.74) is 3.55. The van der Waals surface area contributed by atoms with Gasteiger partial charge in [-0.2, -0.15) is 9.97 Å². The first-order valence-corrected chi connectivity index (χ1v) is 13.4. The van der Waals surface area contributed by atoms with Crippen molar-refractivity contribution in [3.8, 4) is 5.75 Å². The number of ether oxygens (including phenoxy) is 1. The number of aromatic hydroxyl groups is 1. The average Bonchev–Trinajstić information content (AvgIpc) is 3.52. The third-order valence-corrected chi connectivity index (χ3v) is 7.17. The van der Waals surface area contributed by atoms with Crippen LogP contribution in [0.5, 0.6) is 5.75 Å². The van der Waals surface area contributed by atoms with Gasteiger partial charge >= 0.3 is 5.97 Å². The van der Waals surface area contributed by atoms with E-state index in [1.165, 1.54) is 0 Å². The van der Waals surface area contributed by atoms with Crippen molar-refractivity contribution in [2.24, 2.45) is 5.92 Å². The largest absolute Gasteiger partial charge is 0.508 e. The molecule has 2 aromatic heterocycles. The molecule has 1 fully saturated rings. The van der Waals surface area contributed by atoms with Crippen LogP contribution in [0, 0.1) is 5.92 Å². The van der Waals surface area contributed by atoms with Crippen LogP contribution in [0.25, 0.3) is 11.2 Å². The highest BCUT2D eigenvalue weighted by Crippen LogP contribution is 2.33. The van der Waals surface area contributed by atoms with E-state index >= 15 is 0 Å². The van der Waals surface area contributed by atoms with Crippen LogP contribution in [0.4, 0.5) is 17.5 Å². The molecule has 11 heteroatoms. The molecule has 206 valence electrons. The normalized spacial score (nSPS) is 15.3. The van der Waals surface area contributed by atoms with Gasteiger partial charge in [0.15, 0.2) is 17.0 Å². The molecule has 2 aliphatic rings. The molecule has 1 amide bonds. The van der Waals surface area contributed by atoms with Gasteiger partial charge in [0, 0.05) is 37.4 Å². The van der Waals surface area contributed by atoms with Crippen molar-refractivity contribution in [2.45, 2.75) is 26.9 Å². The molecule has 0 saturated carbocycles. The number of phenolic OH excluding ortho intramolecular Hbond substituents is 1. The number of phenols is 1. The fraction of sp³-hybridized carbons (Fsp3) is 0.345. The summed E-state index contributed by atoms with van der Waals surface area (Å²) in [6.07, 6.45) is 1.56. The van der Waals surface area contributed by atoms with E-state index in [4.69, 9.17) is 14.7 Å². The van der Waals surface area contributed by atoms with Crippen molar-refractivity contribution in [1.29, 1.82) is 0 Å². The number of piperazine rings is 1. The maximum absolute atomic E-state index is 13.4. The van der Waals surface area contributed by atoms with Gasteiger partial charge in [-0.25, -0.2) is 4.98 Å². The summed E-state index contributed by atoms with van der Waals surface area (Å²) >= 11 is 0. The van der Waals surface area contributed by atoms with E-state index in [9.17, 15) is 14.7 Å². The van der Waals surface area contributed by atoms with Crippen molar-refractivity contribution in [2.75, 3.05) is 47.5 Å². The minimum absolute atomic E-state index is 0.0398. The second-order valence-corrected chi connectivity index (χ2v) is 10.5. The van der Waals surface area contributed by atoms with Gasteiger partial charge in [-0.15, -0.1) is 0 Å². The SMILES string of the molecule is CC(C)COC(=O)Cn1cnc2c(N3Cc4ccccc4C3=O)nc(N3CCN(c4ccc(O)cc4)CC3)nc21. The molecule has 2 aromatic carbocycles. The van der Waals surface area contributed by atoms with Gasteiger partial charge in [-0.1, -0.05) is 32.0 Å². The molecule has 0 bridgehead atoms. The smallest absolute Gasteiger partial charge is 0.326 e. The number of rotatable bonds is 7. The fourth-order valence-electron chi connectivity index (χ4n) is 5.06. The van der Waals surface area contributed by atoms with Crippen LogP contribution >= 0.6 is 0 Å². The summed E-state index contributed by atoms with van der Waals surface area (Å²) < 4.78 is 7.06. The third kappa shape index (κ3) is 4.90. The number of hydrogen-bond donors (Lipinski definition) is 1. The third-order valence-electron chi connectivity index (χ3n) is 7.17. The minimum Gasteiger partial charge on any atom is -0.508 e. The number of amides is 1. The molecule has 0 unspecified atom stereocenters. The zero-order chi connectivity index (χ0) is 27.8. The van der Waals surface area contributed by atoms with Crippen LogP contribution in [0.15, 0.2) is 54.9 Å². The lowest BCUT2D eigenvalue weighted by Gasteiger charge is -2.36. The Balaban J connectivity index is 1.32. The van der Waals surface area contributed by atoms with Gasteiger partial charge in [0.25, 0.3) is 5.91 Å². The van der Waals surface area contributed by atoms with E-state index in [1.54, 1.807) is 27.9 Å². The molecule has 6 rings (SSSR count). The molecule has 11 nitrogen and oxygen atoms in total. The molecule has 4 aromatic rings. The van der Waals surface area contributed by atoms with Crippen molar-refractivity contribution in [3.63, 3.8) is 0 Å². The van der Waals surface area contributed by atoms with Crippen molar-refractivity contribution in [1.82, 2.24) is 19.5 Å². The first-order valence-electron chi connectivity index (χ1n) is 13.4. The summed E-state index contributed by atoms with van der Waals surface area (Å²) in [5.74, 6) is 0.865. The number of benzene rings is 2. The van der Waals surface area contributed by atoms with Gasteiger partial charge in [-0.3, -0.25) is 14.5 Å². The van der Waals surface area contributed by atoms with Crippen LogP contribution in [0.3, 0.4) is 0 Å². The lowest BCUT2D eigenvalue weighted by Crippen LogP contribution is -2.47. The van der Waals surface area contributed by atoms with Gasteiger partial charge in [0.1, 0.15) is 12.3 Å². The molecule has 1 N–H and O–H groups in total. The Hall–Kier alpha value is -4.67. The Morgan fingerprint density at radius 3 is 2.45 bits per heavy atom. The monoisotopic (exact) mass is 541 g/mol. The molecular weight excluding hydrogens is 510 g/mol. The van der Waals surface area contributed by atoms with Crippen LogP contribution in [0.2, 0.25) is 0 Å². The van der Waals surface area contributed by atoms with E-state index in [0.717, 1.165) is 24.3 Å².